The summed E-state index contributed by atoms with van der Waals surface area (Å²) in [7, 11) is 1.88. The molecule has 1 aliphatic rings. The van der Waals surface area contributed by atoms with Gasteiger partial charge in [-0.1, -0.05) is 29.8 Å². The van der Waals surface area contributed by atoms with Crippen molar-refractivity contribution in [1.82, 2.24) is 20.5 Å². The van der Waals surface area contributed by atoms with Crippen LogP contribution in [0.1, 0.15) is 23.8 Å². The van der Waals surface area contributed by atoms with Gasteiger partial charge in [0.25, 0.3) is 5.91 Å². The van der Waals surface area contributed by atoms with E-state index >= 15 is 0 Å². The zero-order chi connectivity index (χ0) is 15.7. The molecular formula is C15H16ClN5O. The standard InChI is InChI=1S/C15H16ClN5O/c1-9-7-14(20-21(9)2)17-15(22)13-8-12(18-19-13)10-5-3-4-6-11(10)16/h3-6,8-9H,7H2,1-2H3,(H,18,19)(H,17,20,22). The molecule has 1 aromatic heterocycles. The van der Waals surface area contributed by atoms with Crippen LogP contribution in [0.2, 0.25) is 5.02 Å². The zero-order valence-electron chi connectivity index (χ0n) is 12.3. The summed E-state index contributed by atoms with van der Waals surface area (Å²) < 4.78 is 0. The largest absolute Gasteiger partial charge is 0.307 e. The van der Waals surface area contributed by atoms with Gasteiger partial charge in [0, 0.05) is 19.0 Å². The molecule has 6 nitrogen and oxygen atoms in total. The minimum atomic E-state index is -0.257. The van der Waals surface area contributed by atoms with E-state index in [-0.39, 0.29) is 11.9 Å². The van der Waals surface area contributed by atoms with E-state index in [0.717, 1.165) is 5.56 Å². The first-order valence-corrected chi connectivity index (χ1v) is 7.34. The fraction of sp³-hybridized carbons (Fsp3) is 0.267. The third-order valence-corrected chi connectivity index (χ3v) is 3.96. The number of aromatic nitrogens is 2. The number of amidine groups is 1. The Hall–Kier alpha value is -2.34. The summed E-state index contributed by atoms with van der Waals surface area (Å²) in [4.78, 5) is 12.2. The number of benzene rings is 1. The summed E-state index contributed by atoms with van der Waals surface area (Å²) in [5.74, 6) is 0.404. The number of hydrogen-bond donors (Lipinski definition) is 2. The van der Waals surface area contributed by atoms with Gasteiger partial charge in [-0.05, 0) is 19.1 Å². The Morgan fingerprint density at radius 3 is 2.91 bits per heavy atom. The van der Waals surface area contributed by atoms with Gasteiger partial charge in [-0.3, -0.25) is 14.9 Å². The van der Waals surface area contributed by atoms with Crippen molar-refractivity contribution in [2.75, 3.05) is 7.05 Å². The fourth-order valence-corrected chi connectivity index (χ4v) is 2.49. The third-order valence-electron chi connectivity index (χ3n) is 3.64. The van der Waals surface area contributed by atoms with Gasteiger partial charge in [0.1, 0.15) is 11.5 Å². The van der Waals surface area contributed by atoms with Gasteiger partial charge in [-0.2, -0.15) is 10.2 Å². The van der Waals surface area contributed by atoms with Gasteiger partial charge in [0.2, 0.25) is 0 Å². The maximum atomic E-state index is 12.2. The van der Waals surface area contributed by atoms with Crippen LogP contribution in [0, 0.1) is 0 Å². The molecule has 0 radical (unpaired) electrons. The number of H-pyrrole nitrogens is 1. The van der Waals surface area contributed by atoms with E-state index < -0.39 is 0 Å². The van der Waals surface area contributed by atoms with E-state index in [1.807, 2.05) is 37.2 Å². The monoisotopic (exact) mass is 317 g/mol. The van der Waals surface area contributed by atoms with Crippen LogP contribution in [0.3, 0.4) is 0 Å². The Morgan fingerprint density at radius 2 is 2.23 bits per heavy atom. The average Bonchev–Trinajstić information content (AvgIpc) is 3.07. The van der Waals surface area contributed by atoms with Crippen LogP contribution >= 0.6 is 11.6 Å². The number of carbonyl (C=O) groups excluding carboxylic acids is 1. The number of rotatable bonds is 2. The number of hydrazone groups is 1. The van der Waals surface area contributed by atoms with Crippen molar-refractivity contribution >= 4 is 23.3 Å². The summed E-state index contributed by atoms with van der Waals surface area (Å²) in [5, 5.41) is 16.4. The molecule has 1 unspecified atom stereocenters. The average molecular weight is 318 g/mol. The summed E-state index contributed by atoms with van der Waals surface area (Å²) in [6, 6.07) is 9.34. The van der Waals surface area contributed by atoms with E-state index in [9.17, 15) is 4.79 Å². The lowest BCUT2D eigenvalue weighted by Gasteiger charge is -2.11. The molecule has 2 heterocycles. The first kappa shape index (κ1) is 14.6. The van der Waals surface area contributed by atoms with Crippen LogP contribution in [0.4, 0.5) is 0 Å². The van der Waals surface area contributed by atoms with Gasteiger partial charge in [0.05, 0.1) is 16.8 Å². The number of halogens is 1. The fourth-order valence-electron chi connectivity index (χ4n) is 2.26. The molecule has 22 heavy (non-hydrogen) atoms. The summed E-state index contributed by atoms with van der Waals surface area (Å²) in [6.07, 6.45) is 0.716. The van der Waals surface area contributed by atoms with Crippen molar-refractivity contribution in [1.29, 1.82) is 0 Å². The van der Waals surface area contributed by atoms with Crippen molar-refractivity contribution in [2.45, 2.75) is 19.4 Å². The lowest BCUT2D eigenvalue weighted by Crippen LogP contribution is -2.30. The Kier molecular flexibility index (Phi) is 3.85. The van der Waals surface area contributed by atoms with Gasteiger partial charge < -0.3 is 5.32 Å². The molecular weight excluding hydrogens is 302 g/mol. The first-order valence-electron chi connectivity index (χ1n) is 6.96. The molecule has 1 amide bonds. The van der Waals surface area contributed by atoms with Gasteiger partial charge in [0.15, 0.2) is 0 Å². The molecule has 7 heteroatoms. The molecule has 1 aromatic carbocycles. The normalized spacial score (nSPS) is 17.5. The molecule has 0 fully saturated rings. The number of nitrogens with zero attached hydrogens (tertiary/aromatic N) is 3. The number of nitrogens with one attached hydrogen (secondary N) is 2. The van der Waals surface area contributed by atoms with E-state index in [1.54, 1.807) is 12.1 Å². The van der Waals surface area contributed by atoms with Crippen LogP contribution in [-0.2, 0) is 0 Å². The van der Waals surface area contributed by atoms with Crippen molar-refractivity contribution in [3.05, 3.63) is 41.0 Å². The number of carbonyl (C=O) groups is 1. The summed E-state index contributed by atoms with van der Waals surface area (Å²) in [5.41, 5.74) is 1.79. The van der Waals surface area contributed by atoms with Gasteiger partial charge >= 0.3 is 0 Å². The molecule has 2 N–H and O–H groups in total. The number of amides is 1. The second-order valence-corrected chi connectivity index (χ2v) is 5.68. The molecule has 0 aliphatic carbocycles. The maximum absolute atomic E-state index is 12.2. The van der Waals surface area contributed by atoms with Crippen molar-refractivity contribution < 1.29 is 4.79 Å². The molecule has 0 spiro atoms. The topological polar surface area (TPSA) is 73.4 Å². The highest BCUT2D eigenvalue weighted by Gasteiger charge is 2.22. The molecule has 0 saturated carbocycles. The lowest BCUT2D eigenvalue weighted by molar-refractivity contribution is 0.0971. The maximum Gasteiger partial charge on any atom is 0.274 e. The quantitative estimate of drug-likeness (QED) is 0.893. The number of hydrogen-bond acceptors (Lipinski definition) is 4. The van der Waals surface area contributed by atoms with Crippen LogP contribution in [0.25, 0.3) is 11.3 Å². The van der Waals surface area contributed by atoms with Crippen molar-refractivity contribution in [3.63, 3.8) is 0 Å². The summed E-state index contributed by atoms with van der Waals surface area (Å²) in [6.45, 7) is 2.05. The van der Waals surface area contributed by atoms with E-state index in [1.165, 1.54) is 0 Å². The van der Waals surface area contributed by atoms with Crippen molar-refractivity contribution in [3.8, 4) is 11.3 Å². The highest BCUT2D eigenvalue weighted by molar-refractivity contribution is 6.33. The van der Waals surface area contributed by atoms with Crippen LogP contribution in [0.5, 0.6) is 0 Å². The highest BCUT2D eigenvalue weighted by atomic mass is 35.5. The third kappa shape index (κ3) is 2.82. The van der Waals surface area contributed by atoms with Crippen LogP contribution in [0.15, 0.2) is 35.4 Å². The zero-order valence-corrected chi connectivity index (χ0v) is 13.1. The SMILES string of the molecule is CC1CC(NC(=O)c2cc(-c3ccccc3Cl)n[nH]2)=NN1C. The Morgan fingerprint density at radius 1 is 1.45 bits per heavy atom. The summed E-state index contributed by atoms with van der Waals surface area (Å²) >= 11 is 6.14. The predicted octanol–water partition coefficient (Wildman–Crippen LogP) is 2.50. The van der Waals surface area contributed by atoms with Gasteiger partial charge in [-0.25, -0.2) is 0 Å². The minimum Gasteiger partial charge on any atom is -0.307 e. The lowest BCUT2D eigenvalue weighted by atomic mass is 10.1. The molecule has 0 saturated heterocycles. The Labute approximate surface area is 133 Å². The molecule has 2 aromatic rings. The smallest absolute Gasteiger partial charge is 0.274 e. The molecule has 0 bridgehead atoms. The number of aromatic amines is 1. The Bertz CT molecular complexity index is 739. The second-order valence-electron chi connectivity index (χ2n) is 5.27. The van der Waals surface area contributed by atoms with E-state index in [4.69, 9.17) is 11.6 Å². The molecule has 3 rings (SSSR count). The van der Waals surface area contributed by atoms with E-state index in [2.05, 4.69) is 20.6 Å². The molecule has 1 aliphatic heterocycles. The van der Waals surface area contributed by atoms with Crippen LogP contribution in [-0.4, -0.2) is 40.0 Å². The second kappa shape index (κ2) is 5.81. The predicted molar refractivity (Wildman–Crippen MR) is 85.8 cm³/mol. The highest BCUT2D eigenvalue weighted by Crippen LogP contribution is 2.26. The molecule has 1 atom stereocenters. The van der Waals surface area contributed by atoms with Crippen LogP contribution < -0.4 is 5.32 Å². The minimum absolute atomic E-state index is 0.257. The van der Waals surface area contributed by atoms with E-state index in [0.29, 0.717) is 28.7 Å². The van der Waals surface area contributed by atoms with Crippen molar-refractivity contribution in [2.24, 2.45) is 5.10 Å². The first-order chi connectivity index (χ1) is 10.5. The molecule has 114 valence electrons. The Balaban J connectivity index is 1.76. The van der Waals surface area contributed by atoms with Gasteiger partial charge in [-0.15, -0.1) is 0 Å².